The highest BCUT2D eigenvalue weighted by molar-refractivity contribution is 7.90. The zero-order chi connectivity index (χ0) is 22.8. The van der Waals surface area contributed by atoms with E-state index in [2.05, 4.69) is 13.5 Å². The summed E-state index contributed by atoms with van der Waals surface area (Å²) in [4.78, 5) is 13.5. The van der Waals surface area contributed by atoms with Gasteiger partial charge in [0.05, 0.1) is 22.5 Å². The third-order valence-corrected chi connectivity index (χ3v) is 7.51. The number of carbonyl (C=O) groups excluding carboxylic acids is 1. The smallest absolute Gasteiger partial charge is 0.264 e. The zero-order valence-electron chi connectivity index (χ0n) is 17.4. The van der Waals surface area contributed by atoms with Gasteiger partial charge in [0.15, 0.2) is 0 Å². The number of aromatic nitrogens is 2. The van der Waals surface area contributed by atoms with Crippen LogP contribution in [0.3, 0.4) is 0 Å². The molecule has 0 radical (unpaired) electrons. The Kier molecular flexibility index (Phi) is 5.62. The molecule has 0 aliphatic rings. The van der Waals surface area contributed by atoms with Crippen molar-refractivity contribution in [3.8, 4) is 0 Å². The summed E-state index contributed by atoms with van der Waals surface area (Å²) in [5.41, 5.74) is 3.06. The van der Waals surface area contributed by atoms with Crippen molar-refractivity contribution < 1.29 is 13.2 Å². The molecule has 33 heavy (non-hydrogen) atoms. The first-order valence-corrected chi connectivity index (χ1v) is 12.5. The van der Waals surface area contributed by atoms with Gasteiger partial charge in [-0.05, 0) is 52.6 Å². The molecule has 5 rings (SSSR count). The standard InChI is InChI=1S/C25H19N3O3S2/c29-25(28-33(30,31)20-10-2-1-3-11-20)22(19-13-14-23-24(16-19)27-32-26-23)15-18-9-6-8-17-7-4-5-12-21(17)18/h1-14,16,22H,15H2,(H,28,29). The molecule has 1 heterocycles. The highest BCUT2D eigenvalue weighted by atomic mass is 32.2. The van der Waals surface area contributed by atoms with E-state index in [1.807, 2.05) is 60.7 Å². The second kappa shape index (κ2) is 8.73. The summed E-state index contributed by atoms with van der Waals surface area (Å²) in [6, 6.07) is 27.2. The summed E-state index contributed by atoms with van der Waals surface area (Å²) in [6.45, 7) is 0. The van der Waals surface area contributed by atoms with Gasteiger partial charge in [0.2, 0.25) is 5.91 Å². The summed E-state index contributed by atoms with van der Waals surface area (Å²) in [5.74, 6) is -1.32. The molecule has 0 saturated carbocycles. The van der Waals surface area contributed by atoms with Crippen molar-refractivity contribution in [1.82, 2.24) is 13.5 Å². The topological polar surface area (TPSA) is 89.0 Å². The number of amides is 1. The first-order valence-electron chi connectivity index (χ1n) is 10.3. The second-order valence-corrected chi connectivity index (χ2v) is 9.90. The predicted molar refractivity (Wildman–Crippen MR) is 130 cm³/mol. The molecular weight excluding hydrogens is 454 g/mol. The number of sulfonamides is 1. The number of nitrogens with zero attached hydrogens (tertiary/aromatic N) is 2. The van der Waals surface area contributed by atoms with Gasteiger partial charge in [-0.25, -0.2) is 13.1 Å². The van der Waals surface area contributed by atoms with E-state index in [0.29, 0.717) is 17.5 Å². The van der Waals surface area contributed by atoms with Crippen molar-refractivity contribution in [1.29, 1.82) is 0 Å². The molecule has 0 aliphatic heterocycles. The summed E-state index contributed by atoms with van der Waals surface area (Å²) >= 11 is 1.10. The van der Waals surface area contributed by atoms with E-state index in [0.717, 1.165) is 33.6 Å². The van der Waals surface area contributed by atoms with Gasteiger partial charge in [-0.2, -0.15) is 8.75 Å². The number of carbonyl (C=O) groups is 1. The average Bonchev–Trinajstić information content (AvgIpc) is 3.31. The van der Waals surface area contributed by atoms with Gasteiger partial charge < -0.3 is 0 Å². The van der Waals surface area contributed by atoms with Gasteiger partial charge in [0.1, 0.15) is 11.0 Å². The highest BCUT2D eigenvalue weighted by Gasteiger charge is 2.27. The van der Waals surface area contributed by atoms with E-state index in [1.54, 1.807) is 18.2 Å². The van der Waals surface area contributed by atoms with Crippen molar-refractivity contribution in [3.05, 3.63) is 102 Å². The fourth-order valence-electron chi connectivity index (χ4n) is 3.93. The molecule has 4 aromatic carbocycles. The summed E-state index contributed by atoms with van der Waals surface area (Å²) in [5, 5.41) is 2.09. The molecular formula is C25H19N3O3S2. The maximum absolute atomic E-state index is 13.4. The Morgan fingerprint density at radius 3 is 2.42 bits per heavy atom. The van der Waals surface area contributed by atoms with Crippen molar-refractivity contribution in [2.45, 2.75) is 17.2 Å². The Balaban J connectivity index is 1.55. The van der Waals surface area contributed by atoms with Crippen LogP contribution in [0.25, 0.3) is 21.8 Å². The van der Waals surface area contributed by atoms with Gasteiger partial charge in [-0.1, -0.05) is 66.7 Å². The van der Waals surface area contributed by atoms with Crippen LogP contribution in [0.15, 0.2) is 95.9 Å². The lowest BCUT2D eigenvalue weighted by Crippen LogP contribution is -2.35. The number of rotatable bonds is 6. The molecule has 6 nitrogen and oxygen atoms in total. The molecule has 1 unspecified atom stereocenters. The van der Waals surface area contributed by atoms with E-state index in [1.165, 1.54) is 12.1 Å². The van der Waals surface area contributed by atoms with Crippen LogP contribution in [-0.4, -0.2) is 23.1 Å². The monoisotopic (exact) mass is 473 g/mol. The number of hydrogen-bond acceptors (Lipinski definition) is 6. The molecule has 1 amide bonds. The maximum atomic E-state index is 13.4. The fourth-order valence-corrected chi connectivity index (χ4v) is 5.49. The van der Waals surface area contributed by atoms with Crippen molar-refractivity contribution >= 4 is 49.5 Å². The Morgan fingerprint density at radius 1 is 0.848 bits per heavy atom. The number of nitrogens with one attached hydrogen (secondary N) is 1. The van der Waals surface area contributed by atoms with Crippen LogP contribution >= 0.6 is 11.7 Å². The largest absolute Gasteiger partial charge is 0.273 e. The Morgan fingerprint density at radius 2 is 1.58 bits per heavy atom. The third-order valence-electron chi connectivity index (χ3n) is 5.59. The zero-order valence-corrected chi connectivity index (χ0v) is 19.0. The van der Waals surface area contributed by atoms with E-state index >= 15 is 0 Å². The van der Waals surface area contributed by atoms with E-state index in [4.69, 9.17) is 0 Å². The summed E-state index contributed by atoms with van der Waals surface area (Å²) < 4.78 is 36.5. The molecule has 1 N–H and O–H groups in total. The lowest BCUT2D eigenvalue weighted by molar-refractivity contribution is -0.120. The maximum Gasteiger partial charge on any atom is 0.264 e. The molecule has 1 atom stereocenters. The molecule has 0 fully saturated rings. The van der Waals surface area contributed by atoms with Crippen LogP contribution in [0.5, 0.6) is 0 Å². The minimum Gasteiger partial charge on any atom is -0.273 e. The molecule has 0 spiro atoms. The molecule has 0 saturated heterocycles. The van der Waals surface area contributed by atoms with Crippen LogP contribution in [0.1, 0.15) is 17.0 Å². The van der Waals surface area contributed by atoms with Crippen LogP contribution in [0.4, 0.5) is 0 Å². The summed E-state index contributed by atoms with van der Waals surface area (Å²) in [6.07, 6.45) is 0.334. The van der Waals surface area contributed by atoms with Crippen molar-refractivity contribution in [2.75, 3.05) is 0 Å². The minimum atomic E-state index is -4.00. The van der Waals surface area contributed by atoms with Gasteiger partial charge in [-0.3, -0.25) is 4.79 Å². The molecule has 8 heteroatoms. The second-order valence-electron chi connectivity index (χ2n) is 7.69. The van der Waals surface area contributed by atoms with E-state index in [9.17, 15) is 13.2 Å². The number of fused-ring (bicyclic) bond motifs is 2. The van der Waals surface area contributed by atoms with Crippen LogP contribution < -0.4 is 4.72 Å². The van der Waals surface area contributed by atoms with Crippen LogP contribution in [-0.2, 0) is 21.2 Å². The van der Waals surface area contributed by atoms with Gasteiger partial charge in [0.25, 0.3) is 10.0 Å². The molecule has 0 aliphatic carbocycles. The molecule has 1 aromatic heterocycles. The Labute approximate surface area is 195 Å². The molecule has 5 aromatic rings. The number of hydrogen-bond donors (Lipinski definition) is 1. The van der Waals surface area contributed by atoms with Crippen molar-refractivity contribution in [3.63, 3.8) is 0 Å². The normalized spacial score (nSPS) is 12.6. The van der Waals surface area contributed by atoms with Gasteiger partial charge in [0, 0.05) is 0 Å². The summed E-state index contributed by atoms with van der Waals surface area (Å²) in [7, 11) is -4.00. The minimum absolute atomic E-state index is 0.0430. The predicted octanol–water partition coefficient (Wildman–Crippen LogP) is 4.68. The van der Waals surface area contributed by atoms with E-state index < -0.39 is 21.8 Å². The van der Waals surface area contributed by atoms with Gasteiger partial charge >= 0.3 is 0 Å². The lowest BCUT2D eigenvalue weighted by atomic mass is 9.89. The Hall–Kier alpha value is -3.62. The highest BCUT2D eigenvalue weighted by Crippen LogP contribution is 2.28. The fraction of sp³-hybridized carbons (Fsp3) is 0.0800. The van der Waals surface area contributed by atoms with Crippen molar-refractivity contribution in [2.24, 2.45) is 0 Å². The van der Waals surface area contributed by atoms with E-state index in [-0.39, 0.29) is 4.90 Å². The molecule has 0 bridgehead atoms. The average molecular weight is 474 g/mol. The lowest BCUT2D eigenvalue weighted by Gasteiger charge is -2.19. The third kappa shape index (κ3) is 4.35. The first-order chi connectivity index (χ1) is 16.0. The quantitative estimate of drug-likeness (QED) is 0.387. The van der Waals surface area contributed by atoms with Crippen LogP contribution in [0.2, 0.25) is 0 Å². The Bertz CT molecular complexity index is 1560. The first kappa shape index (κ1) is 21.2. The number of benzene rings is 4. The molecule has 164 valence electrons. The van der Waals surface area contributed by atoms with Crippen LogP contribution in [0, 0.1) is 0 Å². The SMILES string of the molecule is O=C(NS(=O)(=O)c1ccccc1)C(Cc1cccc2ccccc12)c1ccc2nsnc2c1. The van der Waals surface area contributed by atoms with Gasteiger partial charge in [-0.15, -0.1) is 0 Å².